The molecule has 2 amide bonds. The number of hydrogen-bond acceptors (Lipinski definition) is 9. The maximum absolute atomic E-state index is 12.9. The molecule has 3 atom stereocenters. The van der Waals surface area contributed by atoms with Crippen molar-refractivity contribution < 1.29 is 47.4 Å². The van der Waals surface area contributed by atoms with Gasteiger partial charge in [0.1, 0.15) is 6.04 Å². The number of carboxylic acids is 1. The summed E-state index contributed by atoms with van der Waals surface area (Å²) in [4.78, 5) is 47.9. The molecule has 0 aliphatic carbocycles. The average molecular weight is 500 g/mol. The van der Waals surface area contributed by atoms with Crippen LogP contribution in [-0.4, -0.2) is 65.7 Å². The number of esters is 2. The summed E-state index contributed by atoms with van der Waals surface area (Å²) >= 11 is 0. The van der Waals surface area contributed by atoms with Crippen LogP contribution >= 0.6 is 8.25 Å². The first-order chi connectivity index (χ1) is 16.2. The lowest BCUT2D eigenvalue weighted by molar-refractivity contribution is -0.233. The molecule has 1 aromatic carbocycles. The number of likely N-dealkylation sites (tertiary alicyclic amines) is 1. The minimum Gasteiger partial charge on any atom is -0.480 e. The smallest absolute Gasteiger partial charge is 0.371 e. The molecule has 0 radical (unpaired) electrons. The lowest BCUT2D eigenvalue weighted by Crippen LogP contribution is -2.54. The number of rotatable bonds is 11. The Hall–Kier alpha value is -2.95. The van der Waals surface area contributed by atoms with Gasteiger partial charge in [0.25, 0.3) is 0 Å². The molecule has 0 aromatic heterocycles. The number of carbonyl (C=O) groups is 4. The topological polar surface area (TPSA) is 158 Å². The van der Waals surface area contributed by atoms with Crippen LogP contribution in [0.1, 0.15) is 38.7 Å². The zero-order valence-electron chi connectivity index (χ0n) is 18.9. The Bertz CT molecular complexity index is 866. The predicted octanol–water partition coefficient (Wildman–Crippen LogP) is 2.08. The first-order valence-corrected chi connectivity index (χ1v) is 11.9. The van der Waals surface area contributed by atoms with Crippen molar-refractivity contribution in [2.24, 2.45) is 0 Å². The Morgan fingerprint density at radius 2 is 1.76 bits per heavy atom. The molecule has 0 bridgehead atoms. The number of carboxylic acid groups (broad SMARTS) is 1. The van der Waals surface area contributed by atoms with Crippen molar-refractivity contribution in [1.29, 1.82) is 0 Å². The lowest BCUT2D eigenvalue weighted by atomic mass is 10.0. The number of nitrogens with zero attached hydrogens (tertiary/aromatic N) is 1. The minimum absolute atomic E-state index is 0.267. The Kier molecular flexibility index (Phi) is 11.0. The summed E-state index contributed by atoms with van der Waals surface area (Å²) in [6, 6.07) is 6.93. The van der Waals surface area contributed by atoms with Crippen LogP contribution in [0.2, 0.25) is 0 Å². The van der Waals surface area contributed by atoms with Gasteiger partial charge in [-0.3, -0.25) is 14.2 Å². The molecular formula is C21H29N2O10P. The van der Waals surface area contributed by atoms with Gasteiger partial charge in [-0.25, -0.2) is 14.1 Å². The molecule has 1 aliphatic rings. The molecule has 0 saturated carbocycles. The third-order valence-electron chi connectivity index (χ3n) is 4.82. The van der Waals surface area contributed by atoms with Crippen LogP contribution < -0.4 is 5.32 Å². The number of hydrogen-bond donors (Lipinski definition) is 2. The molecule has 0 spiro atoms. The normalized spacial score (nSPS) is 17.5. The molecule has 1 aliphatic heterocycles. The highest BCUT2D eigenvalue weighted by Gasteiger charge is 2.33. The van der Waals surface area contributed by atoms with Crippen LogP contribution in [0.3, 0.4) is 0 Å². The van der Waals surface area contributed by atoms with Crippen LogP contribution in [0, 0.1) is 0 Å². The second-order valence-corrected chi connectivity index (χ2v) is 8.59. The maximum atomic E-state index is 12.9. The molecule has 1 aromatic rings. The Labute approximate surface area is 197 Å². The Balaban J connectivity index is 2.04. The van der Waals surface area contributed by atoms with Crippen molar-refractivity contribution in [1.82, 2.24) is 10.2 Å². The van der Waals surface area contributed by atoms with E-state index in [1.165, 1.54) is 4.90 Å². The fourth-order valence-corrected chi connectivity index (χ4v) is 4.02. The molecular weight excluding hydrogens is 471 g/mol. The first kappa shape index (κ1) is 27.3. The molecule has 188 valence electrons. The van der Waals surface area contributed by atoms with Gasteiger partial charge < -0.3 is 29.3 Å². The SMILES string of the molecule is CC(=O)OC(OC(C)=O)O[PH](=O)OC[C@@H](Cc1ccccc1)NC(=O)N1CCCC[C@H]1C(=O)O. The first-order valence-electron chi connectivity index (χ1n) is 10.7. The fraction of sp³-hybridized carbons (Fsp3) is 0.524. The quantitative estimate of drug-likeness (QED) is 0.262. The van der Waals surface area contributed by atoms with Gasteiger partial charge in [-0.1, -0.05) is 30.3 Å². The number of nitrogens with one attached hydrogen (secondary N) is 1. The second kappa shape index (κ2) is 13.7. The van der Waals surface area contributed by atoms with Crippen LogP contribution in [-0.2, 0) is 43.9 Å². The van der Waals surface area contributed by atoms with Crippen LogP contribution in [0.5, 0.6) is 0 Å². The molecule has 13 heteroatoms. The molecule has 34 heavy (non-hydrogen) atoms. The third-order valence-corrected chi connectivity index (χ3v) is 5.61. The van der Waals surface area contributed by atoms with Crippen molar-refractivity contribution in [2.45, 2.75) is 58.1 Å². The van der Waals surface area contributed by atoms with Crippen LogP contribution in [0.15, 0.2) is 30.3 Å². The van der Waals surface area contributed by atoms with E-state index in [-0.39, 0.29) is 6.61 Å². The zero-order valence-corrected chi connectivity index (χ0v) is 19.9. The summed E-state index contributed by atoms with van der Waals surface area (Å²) in [6.45, 7) is 0.293. The molecule has 1 unspecified atom stereocenters. The van der Waals surface area contributed by atoms with Crippen molar-refractivity contribution in [3.8, 4) is 0 Å². The van der Waals surface area contributed by atoms with E-state index < -0.39 is 50.8 Å². The second-order valence-electron chi connectivity index (χ2n) is 7.57. The summed E-state index contributed by atoms with van der Waals surface area (Å²) in [7, 11) is -3.31. The van der Waals surface area contributed by atoms with E-state index >= 15 is 0 Å². The van der Waals surface area contributed by atoms with Crippen molar-refractivity contribution >= 4 is 32.2 Å². The summed E-state index contributed by atoms with van der Waals surface area (Å²) < 4.78 is 31.6. The summed E-state index contributed by atoms with van der Waals surface area (Å²) in [5.41, 5.74) is 0.850. The summed E-state index contributed by atoms with van der Waals surface area (Å²) in [5, 5.41) is 12.2. The van der Waals surface area contributed by atoms with Crippen molar-refractivity contribution in [2.75, 3.05) is 13.2 Å². The van der Waals surface area contributed by atoms with E-state index in [0.29, 0.717) is 32.2 Å². The average Bonchev–Trinajstić information content (AvgIpc) is 2.77. The molecule has 1 saturated heterocycles. The fourth-order valence-electron chi connectivity index (χ4n) is 3.36. The van der Waals surface area contributed by atoms with E-state index in [1.54, 1.807) is 0 Å². The number of ether oxygens (including phenoxy) is 2. The standard InChI is InChI=1S/C21H29N2O10P/c1-14(24)31-21(32-15(2)25)33-34(29)30-13-17(12-16-8-4-3-5-9-16)22-20(28)23-11-7-6-10-18(23)19(26)27/h3-5,8-9,17-18,21,34H,6-7,10-13H2,1-2H3,(H,22,28)(H,26,27)/t17-,18+/m1/s1. The van der Waals surface area contributed by atoms with E-state index in [1.807, 2.05) is 30.3 Å². The number of amides is 2. The number of carbonyl (C=O) groups excluding carboxylic acids is 3. The Morgan fingerprint density at radius 3 is 2.35 bits per heavy atom. The lowest BCUT2D eigenvalue weighted by Gasteiger charge is -2.34. The van der Waals surface area contributed by atoms with E-state index in [4.69, 9.17) is 9.05 Å². The summed E-state index contributed by atoms with van der Waals surface area (Å²) in [5.74, 6) is -2.74. The number of aliphatic carboxylic acids is 1. The highest BCUT2D eigenvalue weighted by molar-refractivity contribution is 7.33. The van der Waals surface area contributed by atoms with Gasteiger partial charge in [0.15, 0.2) is 0 Å². The van der Waals surface area contributed by atoms with Gasteiger partial charge in [-0.05, 0) is 31.2 Å². The maximum Gasteiger partial charge on any atom is 0.371 e. The van der Waals surface area contributed by atoms with Gasteiger partial charge in [0, 0.05) is 20.4 Å². The minimum atomic E-state index is -3.31. The van der Waals surface area contributed by atoms with Gasteiger partial charge in [0.05, 0.1) is 12.6 Å². The molecule has 12 nitrogen and oxygen atoms in total. The Morgan fingerprint density at radius 1 is 1.12 bits per heavy atom. The predicted molar refractivity (Wildman–Crippen MR) is 118 cm³/mol. The van der Waals surface area contributed by atoms with E-state index in [0.717, 1.165) is 19.4 Å². The largest absolute Gasteiger partial charge is 0.480 e. The van der Waals surface area contributed by atoms with Crippen LogP contribution in [0.4, 0.5) is 4.79 Å². The number of benzene rings is 1. The molecule has 2 rings (SSSR count). The van der Waals surface area contributed by atoms with E-state index in [2.05, 4.69) is 14.8 Å². The van der Waals surface area contributed by atoms with Crippen molar-refractivity contribution in [3.63, 3.8) is 0 Å². The molecule has 1 fully saturated rings. The zero-order chi connectivity index (χ0) is 25.1. The van der Waals surface area contributed by atoms with Gasteiger partial charge in [0.2, 0.25) is 0 Å². The number of piperidine rings is 1. The monoisotopic (exact) mass is 500 g/mol. The van der Waals surface area contributed by atoms with Crippen molar-refractivity contribution in [3.05, 3.63) is 35.9 Å². The number of urea groups is 1. The van der Waals surface area contributed by atoms with Gasteiger partial charge >= 0.3 is 38.7 Å². The van der Waals surface area contributed by atoms with Gasteiger partial charge in [-0.15, -0.1) is 0 Å². The third kappa shape index (κ3) is 9.50. The highest BCUT2D eigenvalue weighted by atomic mass is 31.1. The molecule has 1 heterocycles. The highest BCUT2D eigenvalue weighted by Crippen LogP contribution is 2.28. The van der Waals surface area contributed by atoms with Gasteiger partial charge in [-0.2, -0.15) is 0 Å². The molecule has 2 N–H and O–H groups in total. The van der Waals surface area contributed by atoms with Crippen LogP contribution in [0.25, 0.3) is 0 Å². The van der Waals surface area contributed by atoms with E-state index in [9.17, 15) is 28.8 Å². The summed E-state index contributed by atoms with van der Waals surface area (Å²) in [6.07, 6.45) is 2.05.